The molecular weight excluding hydrogens is 381 g/mol. The van der Waals surface area contributed by atoms with Gasteiger partial charge in [-0.1, -0.05) is 39.0 Å². The molecule has 5 nitrogen and oxygen atoms in total. The molecule has 0 spiro atoms. The minimum absolute atomic E-state index is 0.169. The van der Waals surface area contributed by atoms with E-state index in [-0.39, 0.29) is 11.0 Å². The van der Waals surface area contributed by atoms with Crippen LogP contribution in [0.15, 0.2) is 48.8 Å². The van der Waals surface area contributed by atoms with Crippen LogP contribution in [0, 0.1) is 5.92 Å². The van der Waals surface area contributed by atoms with Crippen molar-refractivity contribution in [3.63, 3.8) is 0 Å². The van der Waals surface area contributed by atoms with Gasteiger partial charge in [-0.15, -0.1) is 0 Å². The fourth-order valence-corrected chi connectivity index (χ4v) is 3.71. The van der Waals surface area contributed by atoms with Gasteiger partial charge in [0.25, 0.3) is 0 Å². The molecule has 158 valence electrons. The Balaban J connectivity index is 1.99. The van der Waals surface area contributed by atoms with Crippen molar-refractivity contribution in [1.82, 2.24) is 4.98 Å². The molecule has 7 heteroatoms. The van der Waals surface area contributed by atoms with E-state index in [9.17, 15) is 10.0 Å². The maximum Gasteiger partial charge on any atom is 0.488 e. The lowest BCUT2D eigenvalue weighted by atomic mass is 9.80. The summed E-state index contributed by atoms with van der Waals surface area (Å²) < 4.78 is 12.5. The Morgan fingerprint density at radius 3 is 2.31 bits per heavy atom. The smallest absolute Gasteiger partial charge is 0.488 e. The molecule has 1 atom stereocenters. The monoisotopic (exact) mass is 415 g/mol. The quantitative estimate of drug-likeness (QED) is 0.582. The van der Waals surface area contributed by atoms with Crippen LogP contribution in [-0.4, -0.2) is 43.7 Å². The largest absolute Gasteiger partial charge is 0.493 e. The van der Waals surface area contributed by atoms with E-state index in [1.54, 1.807) is 30.5 Å². The number of aromatic nitrogens is 1. The highest BCUT2D eigenvalue weighted by Gasteiger charge is 2.37. The van der Waals surface area contributed by atoms with Gasteiger partial charge in [0.05, 0.1) is 6.61 Å². The van der Waals surface area contributed by atoms with Gasteiger partial charge in [-0.05, 0) is 60.2 Å². The fourth-order valence-electron chi connectivity index (χ4n) is 2.62. The minimum Gasteiger partial charge on any atom is -0.493 e. The van der Waals surface area contributed by atoms with Crippen molar-refractivity contribution in [1.29, 1.82) is 0 Å². The van der Waals surface area contributed by atoms with Crippen LogP contribution in [0.25, 0.3) is 0 Å². The second kappa shape index (κ2) is 10.4. The summed E-state index contributed by atoms with van der Waals surface area (Å²) in [4.78, 5) is 4.20. The van der Waals surface area contributed by atoms with Crippen molar-refractivity contribution in [2.45, 2.75) is 51.7 Å². The van der Waals surface area contributed by atoms with Crippen LogP contribution in [0.2, 0.25) is 18.1 Å². The van der Waals surface area contributed by atoms with Gasteiger partial charge in [-0.25, -0.2) is 0 Å². The third kappa shape index (κ3) is 7.59. The van der Waals surface area contributed by atoms with E-state index in [1.807, 2.05) is 12.3 Å². The van der Waals surface area contributed by atoms with E-state index >= 15 is 0 Å². The normalized spacial score (nSPS) is 13.2. The van der Waals surface area contributed by atoms with Crippen molar-refractivity contribution in [2.24, 2.45) is 5.92 Å². The molecule has 1 aromatic carbocycles. The van der Waals surface area contributed by atoms with Crippen molar-refractivity contribution in [2.75, 3.05) is 13.2 Å². The zero-order valence-corrected chi connectivity index (χ0v) is 19.3. The van der Waals surface area contributed by atoms with E-state index in [1.165, 1.54) is 5.56 Å². The van der Waals surface area contributed by atoms with Gasteiger partial charge in [0.15, 0.2) is 8.32 Å². The molecule has 2 aromatic rings. The van der Waals surface area contributed by atoms with Crippen molar-refractivity contribution in [3.05, 3.63) is 54.4 Å². The number of pyridine rings is 1. The summed E-state index contributed by atoms with van der Waals surface area (Å²) in [5.41, 5.74) is 1.66. The van der Waals surface area contributed by atoms with E-state index in [4.69, 9.17) is 9.16 Å². The average Bonchev–Trinajstić information content (AvgIpc) is 2.67. The molecule has 0 aliphatic heterocycles. The molecule has 0 saturated carbocycles. The van der Waals surface area contributed by atoms with E-state index in [0.717, 1.165) is 12.8 Å². The Bertz CT molecular complexity index is 733. The lowest BCUT2D eigenvalue weighted by Gasteiger charge is -2.37. The Hall–Kier alpha value is -1.67. The van der Waals surface area contributed by atoms with Crippen molar-refractivity contribution in [3.8, 4) is 5.75 Å². The standard InChI is InChI=1S/C22H34BNO4Si/c1-22(2,3)29(4,5)28-17-19(9-8-18-7-6-14-24-15-18)16-27-21-12-10-20(11-13-21)23(25)26/h6-7,10-15,19,25-26H,8-9,16-17H2,1-5H3/t19-/m1/s1. The molecule has 0 bridgehead atoms. The Morgan fingerprint density at radius 2 is 1.76 bits per heavy atom. The summed E-state index contributed by atoms with van der Waals surface area (Å²) >= 11 is 0. The van der Waals surface area contributed by atoms with E-state index in [2.05, 4.69) is 44.9 Å². The minimum atomic E-state index is -1.83. The number of hydrogen-bond donors (Lipinski definition) is 2. The average molecular weight is 415 g/mol. The molecule has 0 saturated heterocycles. The molecule has 0 aliphatic carbocycles. The molecular formula is C22H34BNO4Si. The lowest BCUT2D eigenvalue weighted by molar-refractivity contribution is 0.160. The second-order valence-corrected chi connectivity index (χ2v) is 13.9. The van der Waals surface area contributed by atoms with Crippen LogP contribution in [0.3, 0.4) is 0 Å². The highest BCUT2D eigenvalue weighted by atomic mass is 28.4. The summed E-state index contributed by atoms with van der Waals surface area (Å²) in [6.45, 7) is 12.5. The zero-order chi connectivity index (χ0) is 21.5. The maximum absolute atomic E-state index is 9.22. The first-order valence-corrected chi connectivity index (χ1v) is 13.1. The number of aryl methyl sites for hydroxylation is 1. The molecule has 29 heavy (non-hydrogen) atoms. The summed E-state index contributed by atoms with van der Waals surface area (Å²) in [5.74, 6) is 0.973. The summed E-state index contributed by atoms with van der Waals surface area (Å²) in [6.07, 6.45) is 5.58. The third-order valence-electron chi connectivity index (χ3n) is 5.71. The van der Waals surface area contributed by atoms with Crippen LogP contribution < -0.4 is 10.2 Å². The van der Waals surface area contributed by atoms with Crippen LogP contribution in [0.4, 0.5) is 0 Å². The summed E-state index contributed by atoms with van der Waals surface area (Å²) in [7, 11) is -3.29. The SMILES string of the molecule is CC(C)(C)[Si](C)(C)OC[C@H](CCc1cccnc1)COc1ccc(B(O)O)cc1. The van der Waals surface area contributed by atoms with Crippen LogP contribution in [0.5, 0.6) is 5.75 Å². The Kier molecular flexibility index (Phi) is 8.46. The predicted octanol–water partition coefficient (Wildman–Crippen LogP) is 3.41. The molecule has 0 amide bonds. The first kappa shape index (κ1) is 23.6. The van der Waals surface area contributed by atoms with E-state index in [0.29, 0.717) is 24.4 Å². The van der Waals surface area contributed by atoms with Gasteiger partial charge in [-0.2, -0.15) is 0 Å². The Morgan fingerprint density at radius 1 is 1.07 bits per heavy atom. The number of hydrogen-bond acceptors (Lipinski definition) is 5. The van der Waals surface area contributed by atoms with Gasteiger partial charge in [0.1, 0.15) is 5.75 Å². The first-order chi connectivity index (χ1) is 13.6. The van der Waals surface area contributed by atoms with Crippen molar-refractivity contribution < 1.29 is 19.2 Å². The number of ether oxygens (including phenoxy) is 1. The second-order valence-electron chi connectivity index (χ2n) is 9.09. The summed E-state index contributed by atoms with van der Waals surface area (Å²) in [6, 6.07) is 10.9. The molecule has 0 radical (unpaired) electrons. The highest BCUT2D eigenvalue weighted by molar-refractivity contribution is 6.74. The molecule has 1 heterocycles. The number of benzene rings is 1. The molecule has 0 aliphatic rings. The summed E-state index contributed by atoms with van der Waals surface area (Å²) in [5, 5.41) is 18.6. The lowest BCUT2D eigenvalue weighted by Crippen LogP contribution is -2.42. The number of rotatable bonds is 10. The molecule has 0 fully saturated rings. The molecule has 1 aromatic heterocycles. The zero-order valence-electron chi connectivity index (χ0n) is 18.3. The molecule has 2 rings (SSSR count). The maximum atomic E-state index is 9.22. The first-order valence-electron chi connectivity index (χ1n) is 10.2. The van der Waals surface area contributed by atoms with Gasteiger partial charge >= 0.3 is 7.12 Å². The highest BCUT2D eigenvalue weighted by Crippen LogP contribution is 2.37. The Labute approximate surface area is 176 Å². The van der Waals surface area contributed by atoms with Crippen molar-refractivity contribution >= 4 is 20.9 Å². The van der Waals surface area contributed by atoms with Gasteiger partial charge in [-0.3, -0.25) is 4.98 Å². The van der Waals surface area contributed by atoms with Crippen LogP contribution >= 0.6 is 0 Å². The van der Waals surface area contributed by atoms with E-state index < -0.39 is 15.4 Å². The fraction of sp³-hybridized carbons (Fsp3) is 0.500. The van der Waals surface area contributed by atoms with Gasteiger partial charge in [0.2, 0.25) is 0 Å². The van der Waals surface area contributed by atoms with Crippen LogP contribution in [0.1, 0.15) is 32.8 Å². The molecule has 0 unspecified atom stereocenters. The van der Waals surface area contributed by atoms with Crippen LogP contribution in [-0.2, 0) is 10.8 Å². The van der Waals surface area contributed by atoms with Gasteiger partial charge < -0.3 is 19.2 Å². The predicted molar refractivity (Wildman–Crippen MR) is 121 cm³/mol. The molecule has 2 N–H and O–H groups in total. The third-order valence-corrected chi connectivity index (χ3v) is 10.2. The topological polar surface area (TPSA) is 71.8 Å². The number of nitrogens with zero attached hydrogens (tertiary/aromatic N) is 1. The van der Waals surface area contributed by atoms with Gasteiger partial charge in [0, 0.05) is 24.9 Å².